The van der Waals surface area contributed by atoms with Crippen molar-refractivity contribution in [1.82, 2.24) is 20.2 Å². The molecule has 2 aromatic rings. The lowest BCUT2D eigenvalue weighted by Gasteiger charge is -2.04. The van der Waals surface area contributed by atoms with Crippen molar-refractivity contribution < 1.29 is 4.79 Å². The summed E-state index contributed by atoms with van der Waals surface area (Å²) >= 11 is 0. The fourth-order valence-corrected chi connectivity index (χ4v) is 1.94. The van der Waals surface area contributed by atoms with Crippen LogP contribution in [0, 0.1) is 0 Å². The summed E-state index contributed by atoms with van der Waals surface area (Å²) in [5, 5.41) is 10.3. The molecular formula is C13H16N4O. The quantitative estimate of drug-likeness (QED) is 0.814. The Morgan fingerprint density at radius 1 is 1.44 bits per heavy atom. The number of nitrogens with one attached hydrogen (secondary N) is 2. The van der Waals surface area contributed by atoms with Gasteiger partial charge in [-0.05, 0) is 25.0 Å². The second-order valence-electron chi connectivity index (χ2n) is 4.65. The van der Waals surface area contributed by atoms with E-state index in [4.69, 9.17) is 0 Å². The topological polar surface area (TPSA) is 58.4 Å². The molecule has 1 fully saturated rings. The standard InChI is InChI=1S/C13H16N4O/c18-13(16-11-4-5-11)9-14-7-10-8-15-17-6-2-1-3-12(10)17/h1-3,6,8,11,14H,4-5,7,9H2,(H,16,18). The zero-order chi connectivity index (χ0) is 12.4. The molecule has 1 saturated carbocycles. The summed E-state index contributed by atoms with van der Waals surface area (Å²) in [6, 6.07) is 6.38. The third-order valence-electron chi connectivity index (χ3n) is 3.05. The minimum absolute atomic E-state index is 0.0778. The van der Waals surface area contributed by atoms with Gasteiger partial charge in [0.25, 0.3) is 0 Å². The summed E-state index contributed by atoms with van der Waals surface area (Å²) in [6.45, 7) is 1.02. The van der Waals surface area contributed by atoms with Crippen molar-refractivity contribution in [2.45, 2.75) is 25.4 Å². The van der Waals surface area contributed by atoms with Gasteiger partial charge in [0.05, 0.1) is 18.3 Å². The minimum atomic E-state index is 0.0778. The van der Waals surface area contributed by atoms with E-state index in [9.17, 15) is 4.79 Å². The number of fused-ring (bicyclic) bond motifs is 1. The Balaban J connectivity index is 1.54. The van der Waals surface area contributed by atoms with Crippen LogP contribution in [0.2, 0.25) is 0 Å². The monoisotopic (exact) mass is 244 g/mol. The van der Waals surface area contributed by atoms with E-state index < -0.39 is 0 Å². The highest BCUT2D eigenvalue weighted by Gasteiger charge is 2.22. The predicted molar refractivity (Wildman–Crippen MR) is 68.1 cm³/mol. The maximum absolute atomic E-state index is 11.5. The van der Waals surface area contributed by atoms with Crippen molar-refractivity contribution in [3.8, 4) is 0 Å². The minimum Gasteiger partial charge on any atom is -0.352 e. The Morgan fingerprint density at radius 3 is 3.17 bits per heavy atom. The van der Waals surface area contributed by atoms with Crippen LogP contribution in [0.3, 0.4) is 0 Å². The van der Waals surface area contributed by atoms with E-state index in [-0.39, 0.29) is 5.91 Å². The Kier molecular flexibility index (Phi) is 2.98. The average Bonchev–Trinajstić information content (AvgIpc) is 3.09. The summed E-state index contributed by atoms with van der Waals surface area (Å²) in [6.07, 6.45) is 6.00. The van der Waals surface area contributed by atoms with Crippen LogP contribution in [0.5, 0.6) is 0 Å². The van der Waals surface area contributed by atoms with E-state index in [1.54, 1.807) is 0 Å². The van der Waals surface area contributed by atoms with Gasteiger partial charge in [0.15, 0.2) is 0 Å². The zero-order valence-corrected chi connectivity index (χ0v) is 10.1. The van der Waals surface area contributed by atoms with Gasteiger partial charge in [-0.25, -0.2) is 4.52 Å². The SMILES string of the molecule is O=C(CNCc1cnn2ccccc12)NC1CC1. The molecule has 5 heteroatoms. The fourth-order valence-electron chi connectivity index (χ4n) is 1.94. The summed E-state index contributed by atoms with van der Waals surface area (Å²) in [7, 11) is 0. The van der Waals surface area contributed by atoms with Gasteiger partial charge in [0, 0.05) is 24.3 Å². The van der Waals surface area contributed by atoms with Gasteiger partial charge in [-0.15, -0.1) is 0 Å². The number of nitrogens with zero attached hydrogens (tertiary/aromatic N) is 2. The smallest absolute Gasteiger partial charge is 0.234 e. The number of pyridine rings is 1. The van der Waals surface area contributed by atoms with Gasteiger partial charge in [0.2, 0.25) is 5.91 Å². The highest BCUT2D eigenvalue weighted by Crippen LogP contribution is 2.18. The molecule has 1 aliphatic carbocycles. The van der Waals surface area contributed by atoms with Crippen LogP contribution < -0.4 is 10.6 Å². The van der Waals surface area contributed by atoms with Crippen LogP contribution in [0.4, 0.5) is 0 Å². The highest BCUT2D eigenvalue weighted by molar-refractivity contribution is 5.78. The molecule has 94 valence electrons. The first-order chi connectivity index (χ1) is 8.83. The summed E-state index contributed by atoms with van der Waals surface area (Å²) in [4.78, 5) is 11.5. The third-order valence-corrected chi connectivity index (χ3v) is 3.05. The molecule has 1 aliphatic rings. The molecule has 2 N–H and O–H groups in total. The number of rotatable bonds is 5. The van der Waals surface area contributed by atoms with Gasteiger partial charge in [-0.1, -0.05) is 6.07 Å². The summed E-state index contributed by atoms with van der Waals surface area (Å²) < 4.78 is 1.83. The van der Waals surface area contributed by atoms with E-state index in [1.165, 1.54) is 0 Å². The second-order valence-corrected chi connectivity index (χ2v) is 4.65. The van der Waals surface area contributed by atoms with Gasteiger partial charge in [-0.3, -0.25) is 4.79 Å². The molecule has 0 saturated heterocycles. The van der Waals surface area contributed by atoms with Crippen molar-refractivity contribution in [2.75, 3.05) is 6.54 Å². The lowest BCUT2D eigenvalue weighted by atomic mass is 10.2. The van der Waals surface area contributed by atoms with E-state index >= 15 is 0 Å². The maximum Gasteiger partial charge on any atom is 0.234 e. The number of carbonyl (C=O) groups excluding carboxylic acids is 1. The van der Waals surface area contributed by atoms with Crippen molar-refractivity contribution in [3.63, 3.8) is 0 Å². The molecule has 0 aliphatic heterocycles. The average molecular weight is 244 g/mol. The molecule has 2 heterocycles. The number of carbonyl (C=O) groups is 1. The molecule has 0 unspecified atom stereocenters. The molecule has 2 aromatic heterocycles. The number of aromatic nitrogens is 2. The van der Waals surface area contributed by atoms with E-state index in [0.29, 0.717) is 19.1 Å². The van der Waals surface area contributed by atoms with Gasteiger partial charge >= 0.3 is 0 Å². The highest BCUT2D eigenvalue weighted by atomic mass is 16.2. The first kappa shape index (κ1) is 11.2. The number of hydrogen-bond acceptors (Lipinski definition) is 3. The van der Waals surface area contributed by atoms with E-state index in [1.807, 2.05) is 35.1 Å². The lowest BCUT2D eigenvalue weighted by molar-refractivity contribution is -0.120. The Morgan fingerprint density at radius 2 is 2.33 bits per heavy atom. The van der Waals surface area contributed by atoms with Gasteiger partial charge < -0.3 is 10.6 Å². The first-order valence-electron chi connectivity index (χ1n) is 6.24. The van der Waals surface area contributed by atoms with Crippen molar-refractivity contribution >= 4 is 11.4 Å². The lowest BCUT2D eigenvalue weighted by Crippen LogP contribution is -2.34. The van der Waals surface area contributed by atoms with Gasteiger partial charge in [0.1, 0.15) is 0 Å². The Hall–Kier alpha value is -1.88. The molecule has 0 radical (unpaired) electrons. The molecule has 0 aromatic carbocycles. The van der Waals surface area contributed by atoms with E-state index in [2.05, 4.69) is 15.7 Å². The third kappa shape index (κ3) is 2.51. The normalized spacial score (nSPS) is 14.9. The van der Waals surface area contributed by atoms with Crippen molar-refractivity contribution in [3.05, 3.63) is 36.2 Å². The van der Waals surface area contributed by atoms with Crippen molar-refractivity contribution in [1.29, 1.82) is 0 Å². The van der Waals surface area contributed by atoms with Crippen LogP contribution >= 0.6 is 0 Å². The molecule has 3 rings (SSSR count). The van der Waals surface area contributed by atoms with Crippen LogP contribution in [0.1, 0.15) is 18.4 Å². The molecule has 0 spiro atoms. The zero-order valence-electron chi connectivity index (χ0n) is 10.1. The maximum atomic E-state index is 11.5. The number of hydrogen-bond donors (Lipinski definition) is 2. The molecule has 0 bridgehead atoms. The molecule has 18 heavy (non-hydrogen) atoms. The molecular weight excluding hydrogens is 228 g/mol. The Bertz CT molecular complexity index is 559. The van der Waals surface area contributed by atoms with Gasteiger partial charge in [-0.2, -0.15) is 5.10 Å². The second kappa shape index (κ2) is 4.78. The van der Waals surface area contributed by atoms with E-state index in [0.717, 1.165) is 23.9 Å². The number of amides is 1. The molecule has 1 amide bonds. The first-order valence-corrected chi connectivity index (χ1v) is 6.24. The van der Waals surface area contributed by atoms with Crippen molar-refractivity contribution in [2.24, 2.45) is 0 Å². The predicted octanol–water partition coefficient (Wildman–Crippen LogP) is 0.702. The Labute approximate surface area is 105 Å². The van der Waals surface area contributed by atoms with Crippen LogP contribution in [-0.4, -0.2) is 28.1 Å². The molecule has 0 atom stereocenters. The summed E-state index contributed by atoms with van der Waals surface area (Å²) in [5.74, 6) is 0.0778. The van der Waals surface area contributed by atoms with Crippen LogP contribution in [0.15, 0.2) is 30.6 Å². The summed E-state index contributed by atoms with van der Waals surface area (Å²) in [5.41, 5.74) is 2.18. The molecule has 5 nitrogen and oxygen atoms in total. The van der Waals surface area contributed by atoms with Crippen LogP contribution in [0.25, 0.3) is 5.52 Å². The fraction of sp³-hybridized carbons (Fsp3) is 0.385. The van der Waals surface area contributed by atoms with Crippen LogP contribution in [-0.2, 0) is 11.3 Å². The largest absolute Gasteiger partial charge is 0.352 e.